The highest BCUT2D eigenvalue weighted by Crippen LogP contribution is 2.60. The quantitative estimate of drug-likeness (QED) is 0.534. The number of hydrogen-bond donors (Lipinski definition) is 2. The first-order chi connectivity index (χ1) is 13.6. The number of thiocarbonyl (C=S) groups is 1. The van der Waals surface area contributed by atoms with Gasteiger partial charge in [0.15, 0.2) is 5.11 Å². The van der Waals surface area contributed by atoms with Gasteiger partial charge < -0.3 is 10.6 Å². The third kappa shape index (κ3) is 3.17. The Balaban J connectivity index is 1.29. The Morgan fingerprint density at radius 3 is 2.36 bits per heavy atom. The second-order valence-corrected chi connectivity index (χ2v) is 11.0. The second kappa shape index (κ2) is 7.11. The summed E-state index contributed by atoms with van der Waals surface area (Å²) in [5.41, 5.74) is 1.72. The van der Waals surface area contributed by atoms with Crippen molar-refractivity contribution in [3.05, 3.63) is 16.0 Å². The number of fused-ring (bicyclic) bond motifs is 1. The van der Waals surface area contributed by atoms with Crippen molar-refractivity contribution in [3.8, 4) is 6.07 Å². The summed E-state index contributed by atoms with van der Waals surface area (Å²) >= 11 is 7.14. The molecule has 0 aliphatic heterocycles. The maximum Gasteiger partial charge on any atom is 0.232 e. The van der Waals surface area contributed by atoms with Crippen molar-refractivity contribution in [2.75, 3.05) is 5.32 Å². The second-order valence-electron chi connectivity index (χ2n) is 9.49. The highest BCUT2D eigenvalue weighted by atomic mass is 32.1. The number of carbonyl (C=O) groups excluding carboxylic acids is 1. The van der Waals surface area contributed by atoms with Crippen LogP contribution >= 0.6 is 23.6 Å². The van der Waals surface area contributed by atoms with Crippen LogP contribution in [0.4, 0.5) is 5.00 Å². The molecular formula is C22H27N3OS2. The van der Waals surface area contributed by atoms with Gasteiger partial charge in [0, 0.05) is 4.88 Å². The fourth-order valence-electron chi connectivity index (χ4n) is 6.71. The van der Waals surface area contributed by atoms with Crippen molar-refractivity contribution in [2.24, 2.45) is 23.2 Å². The molecule has 0 unspecified atom stereocenters. The molecule has 148 valence electrons. The SMILES string of the molecule is N#Cc1c(NC(=S)NC(=O)C23CC4CC(CC(C4)C2)C3)sc2c1CCCCC2. The Morgan fingerprint density at radius 2 is 1.71 bits per heavy atom. The standard InChI is InChI=1S/C22H27N3OS2/c23-12-17-16-4-2-1-3-5-18(16)28-19(17)24-21(27)25-20(26)22-9-13-6-14(10-22)8-15(7-13)11-22/h13-15H,1-11H2,(H2,24,25,26,27). The van der Waals surface area contributed by atoms with Crippen LogP contribution in [0.15, 0.2) is 0 Å². The average Bonchev–Trinajstić information content (AvgIpc) is 2.80. The lowest BCUT2D eigenvalue weighted by molar-refractivity contribution is -0.144. The minimum Gasteiger partial charge on any atom is -0.323 e. The predicted molar refractivity (Wildman–Crippen MR) is 115 cm³/mol. The largest absolute Gasteiger partial charge is 0.323 e. The first-order valence-corrected chi connectivity index (χ1v) is 12.0. The highest BCUT2D eigenvalue weighted by Gasteiger charge is 2.54. The number of thiophene rings is 1. The Labute approximate surface area is 176 Å². The van der Waals surface area contributed by atoms with Crippen LogP contribution in [0.25, 0.3) is 0 Å². The molecule has 0 radical (unpaired) electrons. The van der Waals surface area contributed by atoms with Gasteiger partial charge >= 0.3 is 0 Å². The molecule has 0 saturated heterocycles. The summed E-state index contributed by atoms with van der Waals surface area (Å²) in [6.07, 6.45) is 12.6. The Hall–Kier alpha value is -1.45. The molecule has 6 rings (SSSR count). The molecule has 4 nitrogen and oxygen atoms in total. The summed E-state index contributed by atoms with van der Waals surface area (Å²) in [6, 6.07) is 2.37. The molecule has 28 heavy (non-hydrogen) atoms. The molecule has 1 amide bonds. The van der Waals surface area contributed by atoms with E-state index < -0.39 is 0 Å². The van der Waals surface area contributed by atoms with Gasteiger partial charge in [-0.3, -0.25) is 4.79 Å². The molecule has 0 spiro atoms. The minimum absolute atomic E-state index is 0.112. The lowest BCUT2D eigenvalue weighted by Crippen LogP contribution is -2.55. The number of hydrogen-bond acceptors (Lipinski definition) is 4. The molecule has 2 N–H and O–H groups in total. The zero-order valence-corrected chi connectivity index (χ0v) is 17.8. The summed E-state index contributed by atoms with van der Waals surface area (Å²) < 4.78 is 0. The molecule has 0 aromatic carbocycles. The van der Waals surface area contributed by atoms with Gasteiger partial charge in [-0.15, -0.1) is 11.3 Å². The summed E-state index contributed by atoms with van der Waals surface area (Å²) in [7, 11) is 0. The van der Waals surface area contributed by atoms with Crippen LogP contribution in [0.1, 0.15) is 73.8 Å². The predicted octanol–water partition coefficient (Wildman–Crippen LogP) is 4.92. The van der Waals surface area contributed by atoms with Gasteiger partial charge in [-0.2, -0.15) is 5.26 Å². The zero-order chi connectivity index (χ0) is 19.3. The molecule has 5 aliphatic carbocycles. The molecule has 1 heterocycles. The molecule has 5 aliphatic rings. The Morgan fingerprint density at radius 1 is 1.07 bits per heavy atom. The van der Waals surface area contributed by atoms with Gasteiger partial charge in [0.2, 0.25) is 5.91 Å². The van der Waals surface area contributed by atoms with E-state index in [1.54, 1.807) is 11.3 Å². The number of rotatable bonds is 2. The van der Waals surface area contributed by atoms with E-state index in [9.17, 15) is 10.1 Å². The molecule has 1 aromatic heterocycles. The fourth-order valence-corrected chi connectivity index (χ4v) is 8.21. The van der Waals surface area contributed by atoms with E-state index in [4.69, 9.17) is 12.2 Å². The van der Waals surface area contributed by atoms with E-state index in [2.05, 4.69) is 16.7 Å². The number of aryl methyl sites for hydroxylation is 1. The molecule has 0 atom stereocenters. The topological polar surface area (TPSA) is 64.9 Å². The summed E-state index contributed by atoms with van der Waals surface area (Å²) in [5.74, 6) is 2.31. The number of nitrogens with one attached hydrogen (secondary N) is 2. The van der Waals surface area contributed by atoms with Crippen LogP contribution in [0.3, 0.4) is 0 Å². The van der Waals surface area contributed by atoms with Gasteiger partial charge in [0.05, 0.1) is 11.0 Å². The van der Waals surface area contributed by atoms with Crippen molar-refractivity contribution in [3.63, 3.8) is 0 Å². The summed E-state index contributed by atoms with van der Waals surface area (Å²) in [4.78, 5) is 14.5. The van der Waals surface area contributed by atoms with Crippen LogP contribution < -0.4 is 10.6 Å². The molecule has 4 saturated carbocycles. The van der Waals surface area contributed by atoms with Crippen molar-refractivity contribution < 1.29 is 4.79 Å². The highest BCUT2D eigenvalue weighted by molar-refractivity contribution is 7.80. The fraction of sp³-hybridized carbons (Fsp3) is 0.682. The average molecular weight is 414 g/mol. The number of nitrogens with zero attached hydrogens (tertiary/aromatic N) is 1. The smallest absolute Gasteiger partial charge is 0.232 e. The molecule has 6 heteroatoms. The minimum atomic E-state index is -0.203. The molecule has 4 bridgehead atoms. The normalized spacial score (nSPS) is 32.9. The summed E-state index contributed by atoms with van der Waals surface area (Å²) in [5, 5.41) is 17.1. The summed E-state index contributed by atoms with van der Waals surface area (Å²) in [6.45, 7) is 0. The van der Waals surface area contributed by atoms with Crippen molar-refractivity contribution in [2.45, 2.75) is 70.6 Å². The van der Waals surface area contributed by atoms with Crippen LogP contribution in [0, 0.1) is 34.5 Å². The van der Waals surface area contributed by atoms with E-state index in [1.165, 1.54) is 42.5 Å². The van der Waals surface area contributed by atoms with E-state index in [0.29, 0.717) is 5.11 Å². The van der Waals surface area contributed by atoms with Crippen LogP contribution in [-0.2, 0) is 17.6 Å². The van der Waals surface area contributed by atoms with Crippen LogP contribution in [0.2, 0.25) is 0 Å². The van der Waals surface area contributed by atoms with Gasteiger partial charge in [0.1, 0.15) is 11.1 Å². The van der Waals surface area contributed by atoms with Crippen molar-refractivity contribution >= 4 is 39.6 Å². The Kier molecular flexibility index (Phi) is 4.71. The molecule has 4 fully saturated rings. The molecular weight excluding hydrogens is 386 g/mol. The van der Waals surface area contributed by atoms with E-state index in [1.807, 2.05) is 0 Å². The maximum absolute atomic E-state index is 13.2. The van der Waals surface area contributed by atoms with Gasteiger partial charge in [-0.25, -0.2) is 0 Å². The Bertz CT molecular complexity index is 831. The molecule has 1 aromatic rings. The lowest BCUT2D eigenvalue weighted by atomic mass is 9.49. The first-order valence-electron chi connectivity index (χ1n) is 10.7. The monoisotopic (exact) mass is 413 g/mol. The maximum atomic E-state index is 13.2. The van der Waals surface area contributed by atoms with E-state index >= 15 is 0 Å². The first kappa shape index (κ1) is 18.6. The number of anilines is 1. The number of nitriles is 1. The van der Waals surface area contributed by atoms with Crippen LogP contribution in [0.5, 0.6) is 0 Å². The van der Waals surface area contributed by atoms with Crippen LogP contribution in [-0.4, -0.2) is 11.0 Å². The number of carbonyl (C=O) groups is 1. The third-order valence-electron chi connectivity index (χ3n) is 7.51. The third-order valence-corrected chi connectivity index (χ3v) is 8.92. The van der Waals surface area contributed by atoms with Crippen molar-refractivity contribution in [1.82, 2.24) is 5.32 Å². The van der Waals surface area contributed by atoms with Gasteiger partial charge in [-0.1, -0.05) is 6.42 Å². The lowest BCUT2D eigenvalue weighted by Gasteiger charge is -2.55. The van der Waals surface area contributed by atoms with Gasteiger partial charge in [0.25, 0.3) is 0 Å². The van der Waals surface area contributed by atoms with E-state index in [0.717, 1.165) is 66.8 Å². The number of amides is 1. The zero-order valence-electron chi connectivity index (χ0n) is 16.2. The van der Waals surface area contributed by atoms with Crippen molar-refractivity contribution in [1.29, 1.82) is 5.26 Å². The van der Waals surface area contributed by atoms with Gasteiger partial charge in [-0.05, 0) is 99.7 Å². The van der Waals surface area contributed by atoms with E-state index in [-0.39, 0.29) is 11.3 Å².